The summed E-state index contributed by atoms with van der Waals surface area (Å²) in [4.78, 5) is 11.6. The summed E-state index contributed by atoms with van der Waals surface area (Å²) in [6.45, 7) is 4.41. The molecule has 1 amide bonds. The Morgan fingerprint density at radius 1 is 1.18 bits per heavy atom. The van der Waals surface area contributed by atoms with E-state index in [0.717, 1.165) is 12.0 Å². The van der Waals surface area contributed by atoms with Crippen molar-refractivity contribution in [3.05, 3.63) is 35.4 Å². The van der Waals surface area contributed by atoms with Crippen molar-refractivity contribution in [2.24, 2.45) is 5.92 Å². The summed E-state index contributed by atoms with van der Waals surface area (Å²) < 4.78 is 0. The Labute approximate surface area is 104 Å². The molecule has 1 unspecified atom stereocenters. The van der Waals surface area contributed by atoms with E-state index in [1.54, 1.807) is 14.1 Å². The molecule has 0 aliphatic carbocycles. The highest BCUT2D eigenvalue weighted by Crippen LogP contribution is 2.15. The van der Waals surface area contributed by atoms with Crippen LogP contribution in [0.5, 0.6) is 0 Å². The van der Waals surface area contributed by atoms with Gasteiger partial charge in [-0.2, -0.15) is 0 Å². The van der Waals surface area contributed by atoms with E-state index in [1.165, 1.54) is 5.56 Å². The monoisotopic (exact) mass is 234 g/mol. The Balaban J connectivity index is 2.81. The lowest BCUT2D eigenvalue weighted by molar-refractivity contribution is -0.122. The first kappa shape index (κ1) is 13.7. The maximum absolute atomic E-state index is 11.6. The molecule has 0 aliphatic rings. The molecule has 1 rings (SSSR count). The average Bonchev–Trinajstić information content (AvgIpc) is 2.31. The first-order valence-corrected chi connectivity index (χ1v) is 6.06. The lowest BCUT2D eigenvalue weighted by atomic mass is 9.99. The molecular formula is C14H22N2O. The van der Waals surface area contributed by atoms with Crippen LogP contribution in [-0.2, 0) is 11.2 Å². The number of hydrogen-bond acceptors (Lipinski definition) is 2. The molecule has 2 N–H and O–H groups in total. The molecule has 0 saturated carbocycles. The van der Waals surface area contributed by atoms with Crippen LogP contribution in [0.25, 0.3) is 0 Å². The summed E-state index contributed by atoms with van der Waals surface area (Å²) in [7, 11) is 3.45. The molecule has 0 aliphatic heterocycles. The van der Waals surface area contributed by atoms with E-state index in [9.17, 15) is 4.79 Å². The maximum atomic E-state index is 11.6. The molecule has 0 saturated heterocycles. The van der Waals surface area contributed by atoms with Crippen molar-refractivity contribution in [3.8, 4) is 0 Å². The van der Waals surface area contributed by atoms with Crippen LogP contribution in [0.4, 0.5) is 0 Å². The van der Waals surface area contributed by atoms with E-state index in [1.807, 2.05) is 12.1 Å². The van der Waals surface area contributed by atoms with Crippen LogP contribution in [-0.4, -0.2) is 20.0 Å². The Morgan fingerprint density at radius 2 is 1.76 bits per heavy atom. The number of hydrogen-bond donors (Lipinski definition) is 2. The largest absolute Gasteiger partial charge is 0.358 e. The van der Waals surface area contributed by atoms with Gasteiger partial charge in [0.2, 0.25) is 5.91 Å². The molecule has 3 nitrogen and oxygen atoms in total. The van der Waals surface area contributed by atoms with Gasteiger partial charge in [-0.1, -0.05) is 38.1 Å². The van der Waals surface area contributed by atoms with Gasteiger partial charge in [-0.25, -0.2) is 0 Å². The number of nitrogens with one attached hydrogen (secondary N) is 2. The van der Waals surface area contributed by atoms with E-state index >= 15 is 0 Å². The summed E-state index contributed by atoms with van der Waals surface area (Å²) in [5, 5.41) is 5.68. The zero-order valence-corrected chi connectivity index (χ0v) is 11.1. The van der Waals surface area contributed by atoms with Gasteiger partial charge in [-0.3, -0.25) is 4.79 Å². The highest BCUT2D eigenvalue weighted by molar-refractivity contribution is 5.82. The Kier molecular flexibility index (Phi) is 5.16. The number of rotatable bonds is 5. The predicted molar refractivity (Wildman–Crippen MR) is 70.9 cm³/mol. The Hall–Kier alpha value is -1.35. The zero-order chi connectivity index (χ0) is 12.8. The van der Waals surface area contributed by atoms with Gasteiger partial charge in [0.25, 0.3) is 0 Å². The minimum absolute atomic E-state index is 0.0101. The van der Waals surface area contributed by atoms with Crippen molar-refractivity contribution in [1.82, 2.24) is 10.6 Å². The van der Waals surface area contributed by atoms with Gasteiger partial charge >= 0.3 is 0 Å². The highest BCUT2D eigenvalue weighted by Gasteiger charge is 2.16. The van der Waals surface area contributed by atoms with E-state index in [0.29, 0.717) is 5.92 Å². The maximum Gasteiger partial charge on any atom is 0.241 e. The molecule has 0 bridgehead atoms. The lowest BCUT2D eigenvalue weighted by Gasteiger charge is -2.15. The highest BCUT2D eigenvalue weighted by atomic mass is 16.2. The fourth-order valence-corrected chi connectivity index (χ4v) is 1.91. The van der Waals surface area contributed by atoms with Gasteiger partial charge in [0.1, 0.15) is 6.04 Å². The summed E-state index contributed by atoms with van der Waals surface area (Å²) >= 11 is 0. The standard InChI is InChI=1S/C14H22N2O/c1-10(2)9-11-5-7-12(8-6-11)13(15-3)14(17)16-4/h5-8,10,13,15H,9H2,1-4H3,(H,16,17). The van der Waals surface area contributed by atoms with Crippen LogP contribution in [0.1, 0.15) is 31.0 Å². The van der Waals surface area contributed by atoms with Gasteiger partial charge in [-0.15, -0.1) is 0 Å². The zero-order valence-electron chi connectivity index (χ0n) is 11.1. The molecule has 3 heteroatoms. The summed E-state index contributed by atoms with van der Waals surface area (Å²) in [5.74, 6) is 0.643. The van der Waals surface area contributed by atoms with E-state index in [2.05, 4.69) is 36.6 Å². The molecule has 0 radical (unpaired) electrons. The number of benzene rings is 1. The van der Waals surface area contributed by atoms with Crippen molar-refractivity contribution in [3.63, 3.8) is 0 Å². The first-order chi connectivity index (χ1) is 8.08. The lowest BCUT2D eigenvalue weighted by Crippen LogP contribution is -2.33. The second-order valence-corrected chi connectivity index (χ2v) is 4.68. The minimum Gasteiger partial charge on any atom is -0.358 e. The summed E-state index contributed by atoms with van der Waals surface area (Å²) in [6, 6.07) is 7.97. The van der Waals surface area contributed by atoms with Crippen molar-refractivity contribution in [1.29, 1.82) is 0 Å². The number of carbonyl (C=O) groups excluding carboxylic acids is 1. The molecule has 0 aromatic heterocycles. The third-order valence-corrected chi connectivity index (χ3v) is 2.75. The second kappa shape index (κ2) is 6.40. The topological polar surface area (TPSA) is 41.1 Å². The average molecular weight is 234 g/mol. The van der Waals surface area contributed by atoms with Gasteiger partial charge < -0.3 is 10.6 Å². The van der Waals surface area contributed by atoms with Gasteiger partial charge in [-0.05, 0) is 30.5 Å². The Bertz CT molecular complexity index is 357. The van der Waals surface area contributed by atoms with Crippen LogP contribution in [0.2, 0.25) is 0 Å². The van der Waals surface area contributed by atoms with Crippen LogP contribution in [0.15, 0.2) is 24.3 Å². The summed E-state index contributed by atoms with van der Waals surface area (Å²) in [6.07, 6.45) is 1.07. The van der Waals surface area contributed by atoms with Gasteiger partial charge in [0.05, 0.1) is 0 Å². The molecule has 0 spiro atoms. The van der Waals surface area contributed by atoms with Gasteiger partial charge in [0.15, 0.2) is 0 Å². The van der Waals surface area contributed by atoms with E-state index in [-0.39, 0.29) is 11.9 Å². The molecule has 1 aromatic rings. The SMILES string of the molecule is CNC(=O)C(NC)c1ccc(CC(C)C)cc1. The summed E-state index contributed by atoms with van der Waals surface area (Å²) in [5.41, 5.74) is 2.31. The molecule has 17 heavy (non-hydrogen) atoms. The molecule has 1 atom stereocenters. The smallest absolute Gasteiger partial charge is 0.241 e. The molecule has 1 aromatic carbocycles. The number of carbonyl (C=O) groups is 1. The van der Waals surface area contributed by atoms with Crippen LogP contribution in [0.3, 0.4) is 0 Å². The Morgan fingerprint density at radius 3 is 2.18 bits per heavy atom. The number of amides is 1. The van der Waals surface area contributed by atoms with Crippen molar-refractivity contribution < 1.29 is 4.79 Å². The third-order valence-electron chi connectivity index (χ3n) is 2.75. The fraction of sp³-hybridized carbons (Fsp3) is 0.500. The third kappa shape index (κ3) is 3.86. The van der Waals surface area contributed by atoms with Gasteiger partial charge in [0, 0.05) is 7.05 Å². The van der Waals surface area contributed by atoms with E-state index < -0.39 is 0 Å². The minimum atomic E-state index is -0.270. The first-order valence-electron chi connectivity index (χ1n) is 6.06. The fourth-order valence-electron chi connectivity index (χ4n) is 1.91. The van der Waals surface area contributed by atoms with Crippen LogP contribution in [0, 0.1) is 5.92 Å². The van der Waals surface area contributed by atoms with Crippen molar-refractivity contribution >= 4 is 5.91 Å². The normalized spacial score (nSPS) is 12.5. The molecule has 94 valence electrons. The number of likely N-dealkylation sites (N-methyl/N-ethyl adjacent to an activating group) is 2. The van der Waals surface area contributed by atoms with Crippen LogP contribution >= 0.6 is 0 Å². The molecule has 0 fully saturated rings. The van der Waals surface area contributed by atoms with Crippen LogP contribution < -0.4 is 10.6 Å². The second-order valence-electron chi connectivity index (χ2n) is 4.68. The quantitative estimate of drug-likeness (QED) is 0.817. The predicted octanol–water partition coefficient (Wildman–Crippen LogP) is 1.89. The van der Waals surface area contributed by atoms with Crippen molar-refractivity contribution in [2.45, 2.75) is 26.3 Å². The van der Waals surface area contributed by atoms with Crippen molar-refractivity contribution in [2.75, 3.05) is 14.1 Å². The van der Waals surface area contributed by atoms with E-state index in [4.69, 9.17) is 0 Å². The molecule has 0 heterocycles. The molecular weight excluding hydrogens is 212 g/mol.